The van der Waals surface area contributed by atoms with E-state index in [0.29, 0.717) is 19.5 Å². The molecular formula is C16H21N3O2. The molecule has 21 heavy (non-hydrogen) atoms. The van der Waals surface area contributed by atoms with E-state index in [4.69, 9.17) is 0 Å². The summed E-state index contributed by atoms with van der Waals surface area (Å²) in [5, 5.41) is 6.10. The summed E-state index contributed by atoms with van der Waals surface area (Å²) in [7, 11) is 0. The SMILES string of the molecule is Cc1ccc(CN2C(=O)N[C@@]3(CCCNC3)C2=O)c(C)c1. The van der Waals surface area contributed by atoms with Crippen molar-refractivity contribution in [3.8, 4) is 0 Å². The van der Waals surface area contributed by atoms with Crippen LogP contribution in [0.25, 0.3) is 0 Å². The van der Waals surface area contributed by atoms with E-state index in [-0.39, 0.29) is 11.9 Å². The molecule has 2 N–H and O–H groups in total. The highest BCUT2D eigenvalue weighted by molar-refractivity contribution is 6.07. The van der Waals surface area contributed by atoms with E-state index in [1.54, 1.807) is 0 Å². The van der Waals surface area contributed by atoms with Crippen molar-refractivity contribution in [2.45, 2.75) is 38.8 Å². The van der Waals surface area contributed by atoms with Gasteiger partial charge in [0.1, 0.15) is 5.54 Å². The minimum Gasteiger partial charge on any atom is -0.322 e. The molecule has 2 saturated heterocycles. The number of piperidine rings is 1. The molecule has 5 heteroatoms. The molecule has 1 aromatic carbocycles. The third-order valence-electron chi connectivity index (χ3n) is 4.46. The highest BCUT2D eigenvalue weighted by Gasteiger charge is 2.51. The van der Waals surface area contributed by atoms with Gasteiger partial charge in [0, 0.05) is 6.54 Å². The summed E-state index contributed by atoms with van der Waals surface area (Å²) in [6.07, 6.45) is 1.62. The maximum atomic E-state index is 12.7. The average Bonchev–Trinajstić information content (AvgIpc) is 2.67. The fraction of sp³-hybridized carbons (Fsp3) is 0.500. The summed E-state index contributed by atoms with van der Waals surface area (Å²) in [5.41, 5.74) is 2.58. The Hall–Kier alpha value is -1.88. The Morgan fingerprint density at radius 2 is 2.10 bits per heavy atom. The third kappa shape index (κ3) is 2.42. The number of nitrogens with one attached hydrogen (secondary N) is 2. The molecule has 0 unspecified atom stereocenters. The second-order valence-electron chi connectivity index (χ2n) is 6.11. The molecule has 2 heterocycles. The van der Waals surface area contributed by atoms with Crippen LogP contribution < -0.4 is 10.6 Å². The van der Waals surface area contributed by atoms with E-state index in [9.17, 15) is 9.59 Å². The van der Waals surface area contributed by atoms with Gasteiger partial charge in [0.2, 0.25) is 0 Å². The molecule has 2 fully saturated rings. The molecule has 3 amide bonds. The molecule has 0 bridgehead atoms. The van der Waals surface area contributed by atoms with Gasteiger partial charge in [0.25, 0.3) is 5.91 Å². The minimum atomic E-state index is -0.728. The van der Waals surface area contributed by atoms with Gasteiger partial charge >= 0.3 is 6.03 Å². The summed E-state index contributed by atoms with van der Waals surface area (Å²) in [6, 6.07) is 5.81. The van der Waals surface area contributed by atoms with Crippen LogP contribution in [0.3, 0.4) is 0 Å². The molecule has 112 valence electrons. The third-order valence-corrected chi connectivity index (χ3v) is 4.46. The van der Waals surface area contributed by atoms with Crippen molar-refractivity contribution in [1.82, 2.24) is 15.5 Å². The first kappa shape index (κ1) is 14.1. The van der Waals surface area contributed by atoms with E-state index in [1.165, 1.54) is 10.5 Å². The highest BCUT2D eigenvalue weighted by atomic mass is 16.2. The fourth-order valence-corrected chi connectivity index (χ4v) is 3.21. The summed E-state index contributed by atoms with van der Waals surface area (Å²) in [4.78, 5) is 26.2. The second-order valence-corrected chi connectivity index (χ2v) is 6.11. The Balaban J connectivity index is 1.82. The van der Waals surface area contributed by atoms with Crippen LogP contribution >= 0.6 is 0 Å². The van der Waals surface area contributed by atoms with Gasteiger partial charge in [-0.1, -0.05) is 23.8 Å². The van der Waals surface area contributed by atoms with Crippen molar-refractivity contribution in [2.24, 2.45) is 0 Å². The van der Waals surface area contributed by atoms with Crippen molar-refractivity contribution in [3.63, 3.8) is 0 Å². The van der Waals surface area contributed by atoms with Crippen molar-refractivity contribution >= 4 is 11.9 Å². The molecule has 1 atom stereocenters. The maximum absolute atomic E-state index is 12.7. The first-order valence-electron chi connectivity index (χ1n) is 7.43. The van der Waals surface area contributed by atoms with Gasteiger partial charge < -0.3 is 10.6 Å². The van der Waals surface area contributed by atoms with Crippen molar-refractivity contribution < 1.29 is 9.59 Å². The number of carbonyl (C=O) groups excluding carboxylic acids is 2. The first-order chi connectivity index (χ1) is 10.0. The van der Waals surface area contributed by atoms with Crippen LogP contribution in [0.1, 0.15) is 29.5 Å². The van der Waals surface area contributed by atoms with Crippen molar-refractivity contribution in [2.75, 3.05) is 13.1 Å². The summed E-state index contributed by atoms with van der Waals surface area (Å²) in [5.74, 6) is -0.0975. The minimum absolute atomic E-state index is 0.0975. The molecule has 0 aromatic heterocycles. The molecule has 5 nitrogen and oxygen atoms in total. The molecule has 1 aromatic rings. The Kier molecular flexibility index (Phi) is 3.45. The molecule has 0 radical (unpaired) electrons. The lowest BCUT2D eigenvalue weighted by molar-refractivity contribution is -0.132. The van der Waals surface area contributed by atoms with Crippen LogP contribution in [0.4, 0.5) is 4.79 Å². The highest BCUT2D eigenvalue weighted by Crippen LogP contribution is 2.26. The number of imide groups is 1. The number of nitrogens with zero attached hydrogens (tertiary/aromatic N) is 1. The second kappa shape index (κ2) is 5.15. The van der Waals surface area contributed by atoms with Gasteiger partial charge in [-0.25, -0.2) is 4.79 Å². The lowest BCUT2D eigenvalue weighted by atomic mass is 9.90. The summed E-state index contributed by atoms with van der Waals surface area (Å²) >= 11 is 0. The number of carbonyl (C=O) groups is 2. The maximum Gasteiger partial charge on any atom is 0.325 e. The van der Waals surface area contributed by atoms with E-state index < -0.39 is 5.54 Å². The monoisotopic (exact) mass is 287 g/mol. The molecule has 0 aliphatic carbocycles. The quantitative estimate of drug-likeness (QED) is 0.810. The summed E-state index contributed by atoms with van der Waals surface area (Å²) in [6.45, 7) is 5.83. The van der Waals surface area contributed by atoms with Crippen LogP contribution in [-0.4, -0.2) is 35.5 Å². The molecule has 2 aliphatic heterocycles. The summed E-state index contributed by atoms with van der Waals surface area (Å²) < 4.78 is 0. The van der Waals surface area contributed by atoms with Crippen LogP contribution in [0, 0.1) is 13.8 Å². The Bertz CT molecular complexity index is 591. The zero-order valence-electron chi connectivity index (χ0n) is 12.5. The Morgan fingerprint density at radius 1 is 1.29 bits per heavy atom. The average molecular weight is 287 g/mol. The number of aryl methyl sites for hydroxylation is 2. The van der Waals surface area contributed by atoms with E-state index in [0.717, 1.165) is 24.1 Å². The standard InChI is InChI=1S/C16H21N3O2/c1-11-4-5-13(12(2)8-11)9-19-14(20)16(18-15(19)21)6-3-7-17-10-16/h4-5,8,17H,3,6-7,9-10H2,1-2H3,(H,18,21)/t16-/m1/s1. The van der Waals surface area contributed by atoms with Gasteiger partial charge in [-0.2, -0.15) is 0 Å². The van der Waals surface area contributed by atoms with Crippen molar-refractivity contribution in [1.29, 1.82) is 0 Å². The Labute approximate surface area is 124 Å². The van der Waals surface area contributed by atoms with Gasteiger partial charge in [-0.05, 0) is 44.4 Å². The van der Waals surface area contributed by atoms with Crippen LogP contribution in [-0.2, 0) is 11.3 Å². The first-order valence-corrected chi connectivity index (χ1v) is 7.43. The zero-order valence-corrected chi connectivity index (χ0v) is 12.5. The fourth-order valence-electron chi connectivity index (χ4n) is 3.21. The normalized spacial score (nSPS) is 25.5. The number of amides is 3. The van der Waals surface area contributed by atoms with E-state index >= 15 is 0 Å². The molecule has 3 rings (SSSR count). The number of urea groups is 1. The van der Waals surface area contributed by atoms with Crippen LogP contribution in [0.2, 0.25) is 0 Å². The topological polar surface area (TPSA) is 61.4 Å². The molecule has 0 saturated carbocycles. The van der Waals surface area contributed by atoms with Gasteiger partial charge in [-0.15, -0.1) is 0 Å². The molecule has 2 aliphatic rings. The largest absolute Gasteiger partial charge is 0.325 e. The van der Waals surface area contributed by atoms with Gasteiger partial charge in [0.05, 0.1) is 6.54 Å². The van der Waals surface area contributed by atoms with Crippen LogP contribution in [0.5, 0.6) is 0 Å². The van der Waals surface area contributed by atoms with Gasteiger partial charge in [0.15, 0.2) is 0 Å². The number of hydrogen-bond acceptors (Lipinski definition) is 3. The van der Waals surface area contributed by atoms with Gasteiger partial charge in [-0.3, -0.25) is 9.69 Å². The van der Waals surface area contributed by atoms with E-state index in [1.807, 2.05) is 26.0 Å². The predicted molar refractivity (Wildman–Crippen MR) is 79.8 cm³/mol. The Morgan fingerprint density at radius 3 is 2.76 bits per heavy atom. The molecule has 1 spiro atoms. The lowest BCUT2D eigenvalue weighted by Crippen LogP contribution is -2.57. The zero-order chi connectivity index (χ0) is 15.0. The smallest absolute Gasteiger partial charge is 0.322 e. The number of benzene rings is 1. The number of rotatable bonds is 2. The molecular weight excluding hydrogens is 266 g/mol. The van der Waals surface area contributed by atoms with Crippen LogP contribution in [0.15, 0.2) is 18.2 Å². The van der Waals surface area contributed by atoms with Crippen molar-refractivity contribution in [3.05, 3.63) is 34.9 Å². The predicted octanol–water partition coefficient (Wildman–Crippen LogP) is 1.48. The van der Waals surface area contributed by atoms with E-state index in [2.05, 4.69) is 16.7 Å². The lowest BCUT2D eigenvalue weighted by Gasteiger charge is -2.31. The number of hydrogen-bond donors (Lipinski definition) is 2.